The topological polar surface area (TPSA) is 56.1 Å². The molecule has 0 bridgehead atoms. The number of thiazole rings is 1. The second-order valence-corrected chi connectivity index (χ2v) is 7.64. The van der Waals surface area contributed by atoms with Crippen LogP contribution >= 0.6 is 11.3 Å². The number of nitrogens with zero attached hydrogens (tertiary/aromatic N) is 2. The number of hydrogen-bond acceptors (Lipinski definition) is 5. The summed E-state index contributed by atoms with van der Waals surface area (Å²) in [7, 11) is 1.66. The fraction of sp³-hybridized carbons (Fsp3) is 0.579. The van der Waals surface area contributed by atoms with Crippen LogP contribution in [0.15, 0.2) is 12.1 Å². The molecular formula is C19H28N3O3S+. The number of methoxy groups -OCH3 is 1. The Labute approximate surface area is 158 Å². The van der Waals surface area contributed by atoms with Crippen LogP contribution in [0.4, 0.5) is 5.13 Å². The van der Waals surface area contributed by atoms with Crippen LogP contribution in [0.1, 0.15) is 25.3 Å². The average molecular weight is 379 g/mol. The maximum atomic E-state index is 12.8. The SMILES string of the molecule is CCCC(=O)N(CC[NH+]1CCOCC1)c1nc2c(OC)ccc(C)c2s1. The first kappa shape index (κ1) is 19.1. The van der Waals surface area contributed by atoms with Gasteiger partial charge in [0.2, 0.25) is 5.91 Å². The number of amides is 1. The van der Waals surface area contributed by atoms with Crippen molar-refractivity contribution in [3.05, 3.63) is 17.7 Å². The molecule has 0 saturated carbocycles. The lowest BCUT2D eigenvalue weighted by Gasteiger charge is -2.26. The Bertz CT molecular complexity index is 756. The number of quaternary nitrogens is 1. The minimum absolute atomic E-state index is 0.149. The minimum atomic E-state index is 0.149. The fourth-order valence-corrected chi connectivity index (χ4v) is 4.33. The molecule has 26 heavy (non-hydrogen) atoms. The van der Waals surface area contributed by atoms with Gasteiger partial charge in [-0.05, 0) is 25.0 Å². The fourth-order valence-electron chi connectivity index (χ4n) is 3.23. The molecule has 1 aliphatic heterocycles. The van der Waals surface area contributed by atoms with Crippen LogP contribution in [0, 0.1) is 6.92 Å². The van der Waals surface area contributed by atoms with E-state index in [9.17, 15) is 4.79 Å². The van der Waals surface area contributed by atoms with E-state index in [1.165, 1.54) is 4.90 Å². The molecule has 7 heteroatoms. The summed E-state index contributed by atoms with van der Waals surface area (Å²) in [4.78, 5) is 20.9. The van der Waals surface area contributed by atoms with Gasteiger partial charge in [-0.15, -0.1) is 0 Å². The third-order valence-electron chi connectivity index (χ3n) is 4.80. The van der Waals surface area contributed by atoms with Crippen LogP contribution in [-0.4, -0.2) is 57.4 Å². The average Bonchev–Trinajstić information content (AvgIpc) is 3.09. The maximum absolute atomic E-state index is 12.8. The number of morpholine rings is 1. The number of anilines is 1. The Morgan fingerprint density at radius 3 is 2.85 bits per heavy atom. The lowest BCUT2D eigenvalue weighted by molar-refractivity contribution is -0.906. The van der Waals surface area contributed by atoms with Crippen LogP contribution in [-0.2, 0) is 9.53 Å². The van der Waals surface area contributed by atoms with Gasteiger partial charge in [0.25, 0.3) is 0 Å². The first-order valence-electron chi connectivity index (χ1n) is 9.29. The van der Waals surface area contributed by atoms with Crippen molar-refractivity contribution in [3.63, 3.8) is 0 Å². The zero-order chi connectivity index (χ0) is 18.5. The number of benzene rings is 1. The third-order valence-corrected chi connectivity index (χ3v) is 6.01. The maximum Gasteiger partial charge on any atom is 0.228 e. The number of ether oxygens (including phenoxy) is 2. The van der Waals surface area contributed by atoms with Gasteiger partial charge in [0.15, 0.2) is 5.13 Å². The van der Waals surface area contributed by atoms with E-state index in [1.807, 2.05) is 24.0 Å². The van der Waals surface area contributed by atoms with Gasteiger partial charge in [0, 0.05) is 6.42 Å². The number of nitrogens with one attached hydrogen (secondary N) is 1. The van der Waals surface area contributed by atoms with Crippen molar-refractivity contribution in [2.45, 2.75) is 26.7 Å². The molecule has 2 heterocycles. The highest BCUT2D eigenvalue weighted by atomic mass is 32.1. The summed E-state index contributed by atoms with van der Waals surface area (Å²) in [6, 6.07) is 3.98. The molecule has 1 amide bonds. The first-order valence-corrected chi connectivity index (χ1v) is 10.1. The predicted octanol–water partition coefficient (Wildman–Crippen LogP) is 1.66. The number of hydrogen-bond donors (Lipinski definition) is 1. The lowest BCUT2D eigenvalue weighted by Crippen LogP contribution is -3.14. The molecule has 1 aromatic heterocycles. The summed E-state index contributed by atoms with van der Waals surface area (Å²) in [6.07, 6.45) is 1.39. The van der Waals surface area contributed by atoms with Gasteiger partial charge < -0.3 is 14.4 Å². The molecule has 1 saturated heterocycles. The largest absolute Gasteiger partial charge is 0.494 e. The molecule has 1 aromatic carbocycles. The summed E-state index contributed by atoms with van der Waals surface area (Å²) in [6.45, 7) is 9.32. The van der Waals surface area contributed by atoms with Crippen LogP contribution in [0.25, 0.3) is 10.2 Å². The standard InChI is InChI=1S/C19H27N3O3S/c1-4-5-16(23)22(9-8-21-10-12-25-13-11-21)19-20-17-15(24-3)7-6-14(2)18(17)26-19/h6-7H,4-5,8-13H2,1-3H3/p+1. The van der Waals surface area contributed by atoms with Gasteiger partial charge in [0.05, 0.1) is 38.1 Å². The van der Waals surface area contributed by atoms with Crippen molar-refractivity contribution in [2.75, 3.05) is 51.4 Å². The van der Waals surface area contributed by atoms with Crippen molar-refractivity contribution in [2.24, 2.45) is 0 Å². The number of rotatable bonds is 7. The lowest BCUT2D eigenvalue weighted by atomic mass is 10.2. The molecule has 0 radical (unpaired) electrons. The normalized spacial score (nSPS) is 15.3. The highest BCUT2D eigenvalue weighted by Gasteiger charge is 2.23. The van der Waals surface area contributed by atoms with Crippen LogP contribution < -0.4 is 14.5 Å². The summed E-state index contributed by atoms with van der Waals surface area (Å²) >= 11 is 1.58. The monoisotopic (exact) mass is 378 g/mol. The quantitative estimate of drug-likeness (QED) is 0.796. The molecule has 1 fully saturated rings. The van der Waals surface area contributed by atoms with Gasteiger partial charge in [-0.3, -0.25) is 9.69 Å². The molecule has 0 unspecified atom stereocenters. The van der Waals surface area contributed by atoms with Crippen LogP contribution in [0.2, 0.25) is 0 Å². The van der Waals surface area contributed by atoms with E-state index >= 15 is 0 Å². The molecule has 0 aliphatic carbocycles. The zero-order valence-corrected chi connectivity index (χ0v) is 16.7. The Morgan fingerprint density at radius 1 is 1.38 bits per heavy atom. The number of fused-ring (bicyclic) bond motifs is 1. The van der Waals surface area contributed by atoms with Gasteiger partial charge in [0.1, 0.15) is 24.4 Å². The minimum Gasteiger partial charge on any atom is -0.494 e. The van der Waals surface area contributed by atoms with E-state index in [0.717, 1.165) is 65.9 Å². The molecule has 6 nitrogen and oxygen atoms in total. The second kappa shape index (κ2) is 8.79. The molecule has 1 N–H and O–H groups in total. The van der Waals surface area contributed by atoms with Crippen molar-refractivity contribution in [3.8, 4) is 5.75 Å². The van der Waals surface area contributed by atoms with Crippen LogP contribution in [0.3, 0.4) is 0 Å². The van der Waals surface area contributed by atoms with E-state index in [-0.39, 0.29) is 5.91 Å². The van der Waals surface area contributed by atoms with Crippen molar-refractivity contribution >= 4 is 32.6 Å². The molecule has 1 aliphatic rings. The van der Waals surface area contributed by atoms with E-state index in [0.29, 0.717) is 13.0 Å². The highest BCUT2D eigenvalue weighted by molar-refractivity contribution is 7.22. The first-order chi connectivity index (χ1) is 12.6. The van der Waals surface area contributed by atoms with Gasteiger partial charge in [-0.25, -0.2) is 4.98 Å². The van der Waals surface area contributed by atoms with Crippen molar-refractivity contribution < 1.29 is 19.2 Å². The summed E-state index contributed by atoms with van der Waals surface area (Å²) < 4.78 is 12.0. The van der Waals surface area contributed by atoms with E-state index in [2.05, 4.69) is 6.92 Å². The molecule has 142 valence electrons. The Hall–Kier alpha value is -1.70. The summed E-state index contributed by atoms with van der Waals surface area (Å²) in [5.74, 6) is 0.908. The van der Waals surface area contributed by atoms with Crippen molar-refractivity contribution in [1.29, 1.82) is 0 Å². The number of aryl methyl sites for hydroxylation is 1. The number of aromatic nitrogens is 1. The Balaban J connectivity index is 1.86. The molecule has 0 spiro atoms. The van der Waals surface area contributed by atoms with Gasteiger partial charge in [-0.1, -0.05) is 24.3 Å². The third kappa shape index (κ3) is 4.16. The van der Waals surface area contributed by atoms with Gasteiger partial charge >= 0.3 is 0 Å². The number of carbonyl (C=O) groups excluding carboxylic acids is 1. The van der Waals surface area contributed by atoms with E-state index in [4.69, 9.17) is 14.5 Å². The van der Waals surface area contributed by atoms with Crippen LogP contribution in [0.5, 0.6) is 5.75 Å². The molecular weight excluding hydrogens is 350 g/mol. The van der Waals surface area contributed by atoms with E-state index in [1.54, 1.807) is 18.4 Å². The summed E-state index contributed by atoms with van der Waals surface area (Å²) in [5, 5.41) is 0.777. The molecule has 3 rings (SSSR count). The molecule has 0 atom stereocenters. The zero-order valence-electron chi connectivity index (χ0n) is 15.8. The Kier molecular flexibility index (Phi) is 6.45. The highest BCUT2D eigenvalue weighted by Crippen LogP contribution is 2.36. The van der Waals surface area contributed by atoms with Crippen molar-refractivity contribution in [1.82, 2.24) is 4.98 Å². The number of carbonyl (C=O) groups is 1. The second-order valence-electron chi connectivity index (χ2n) is 6.67. The predicted molar refractivity (Wildman–Crippen MR) is 105 cm³/mol. The van der Waals surface area contributed by atoms with Gasteiger partial charge in [-0.2, -0.15) is 0 Å². The molecule has 2 aromatic rings. The smallest absolute Gasteiger partial charge is 0.228 e. The Morgan fingerprint density at radius 2 is 2.15 bits per heavy atom. The van der Waals surface area contributed by atoms with E-state index < -0.39 is 0 Å². The summed E-state index contributed by atoms with van der Waals surface area (Å²) in [5.41, 5.74) is 2.01.